The van der Waals surface area contributed by atoms with E-state index in [2.05, 4.69) is 15.5 Å². The summed E-state index contributed by atoms with van der Waals surface area (Å²) in [6, 6.07) is 13.5. The van der Waals surface area contributed by atoms with E-state index in [-0.39, 0.29) is 5.56 Å². The van der Waals surface area contributed by atoms with E-state index in [9.17, 15) is 4.79 Å². The molecule has 7 nitrogen and oxygen atoms in total. The molecule has 0 spiro atoms. The topological polar surface area (TPSA) is 68.6 Å². The van der Waals surface area contributed by atoms with Crippen LogP contribution in [0.15, 0.2) is 66.1 Å². The van der Waals surface area contributed by atoms with E-state index in [4.69, 9.17) is 0 Å². The molecule has 0 unspecified atom stereocenters. The largest absolute Gasteiger partial charge is 0.308 e. The Morgan fingerprint density at radius 3 is 2.69 bits per heavy atom. The molecule has 4 rings (SSSR count). The van der Waals surface area contributed by atoms with Gasteiger partial charge in [-0.05, 0) is 23.3 Å². The summed E-state index contributed by atoms with van der Waals surface area (Å²) in [5.41, 5.74) is 5.52. The van der Waals surface area contributed by atoms with Gasteiger partial charge in [0.25, 0.3) is 18.2 Å². The predicted octanol–water partition coefficient (Wildman–Crippen LogP) is 1.98. The molecule has 26 heavy (non-hydrogen) atoms. The molecular weight excluding hydrogens is 328 g/mol. The first-order valence-corrected chi connectivity index (χ1v) is 8.41. The van der Waals surface area contributed by atoms with Crippen molar-refractivity contribution >= 4 is 16.7 Å². The average molecular weight is 347 g/mol. The Hall–Kier alpha value is -3.48. The van der Waals surface area contributed by atoms with Gasteiger partial charge in [0.1, 0.15) is 0 Å². The van der Waals surface area contributed by atoms with Gasteiger partial charge >= 0.3 is 0 Å². The summed E-state index contributed by atoms with van der Waals surface area (Å²) < 4.78 is 3.59. The number of fused-ring (bicyclic) bond motifs is 1. The molecule has 1 aromatic carbocycles. The molecule has 0 radical (unpaired) electrons. The molecule has 4 aromatic rings. The van der Waals surface area contributed by atoms with Gasteiger partial charge in [-0.2, -0.15) is 5.43 Å². The maximum atomic E-state index is 13.0. The van der Waals surface area contributed by atoms with E-state index in [0.717, 1.165) is 16.5 Å². The van der Waals surface area contributed by atoms with Crippen LogP contribution in [0.25, 0.3) is 22.0 Å². The lowest BCUT2D eigenvalue weighted by Gasteiger charge is -2.12. The Morgan fingerprint density at radius 1 is 1.19 bits per heavy atom. The van der Waals surface area contributed by atoms with Crippen LogP contribution in [0, 0.1) is 0 Å². The van der Waals surface area contributed by atoms with Crippen molar-refractivity contribution in [3.63, 3.8) is 0 Å². The minimum atomic E-state index is -0.00570. The van der Waals surface area contributed by atoms with Crippen LogP contribution in [0.3, 0.4) is 0 Å². The summed E-state index contributed by atoms with van der Waals surface area (Å²) in [6.45, 7) is 2.55. The summed E-state index contributed by atoms with van der Waals surface area (Å²) in [5, 5.41) is 5.08. The number of aromatic nitrogens is 5. The highest BCUT2D eigenvalue weighted by Crippen LogP contribution is 2.22. The Labute approximate surface area is 150 Å². The summed E-state index contributed by atoms with van der Waals surface area (Å²) >= 11 is 0. The van der Waals surface area contributed by atoms with Gasteiger partial charge in [-0.3, -0.25) is 4.79 Å². The predicted molar refractivity (Wildman–Crippen MR) is 99.5 cm³/mol. The van der Waals surface area contributed by atoms with E-state index in [1.807, 2.05) is 61.0 Å². The average Bonchev–Trinajstić information content (AvgIpc) is 3.07. The molecule has 1 N–H and O–H groups in total. The normalized spacial score (nSPS) is 11.0. The van der Waals surface area contributed by atoms with Crippen molar-refractivity contribution in [2.24, 2.45) is 7.05 Å². The fourth-order valence-corrected chi connectivity index (χ4v) is 3.02. The molecule has 130 valence electrons. The SMILES string of the molecule is CCn1c(=O)c(-c2ccccc2)cc2cnc(Nn3c[n+](C)cn3)cc21. The number of nitrogens with zero attached hydrogens (tertiary/aromatic N) is 5. The Kier molecular flexibility index (Phi) is 3.96. The van der Waals surface area contributed by atoms with Gasteiger partial charge in [-0.15, -0.1) is 0 Å². The monoisotopic (exact) mass is 347 g/mol. The fourth-order valence-electron chi connectivity index (χ4n) is 3.02. The number of anilines is 1. The van der Waals surface area contributed by atoms with Crippen molar-refractivity contribution in [1.82, 2.24) is 19.4 Å². The quantitative estimate of drug-likeness (QED) is 0.573. The van der Waals surface area contributed by atoms with Crippen molar-refractivity contribution in [3.05, 3.63) is 71.7 Å². The fraction of sp³-hybridized carbons (Fsp3) is 0.158. The van der Waals surface area contributed by atoms with Gasteiger partial charge in [0.05, 0.1) is 17.7 Å². The van der Waals surface area contributed by atoms with Gasteiger partial charge < -0.3 is 4.57 Å². The second kappa shape index (κ2) is 6.44. The third kappa shape index (κ3) is 2.83. The molecule has 3 heterocycles. The highest BCUT2D eigenvalue weighted by Gasteiger charge is 2.12. The lowest BCUT2D eigenvalue weighted by atomic mass is 10.1. The number of hydrogen-bond acceptors (Lipinski definition) is 4. The molecular formula is C19H19N6O+. The Balaban J connectivity index is 1.84. The molecule has 0 saturated carbocycles. The van der Waals surface area contributed by atoms with Gasteiger partial charge in [-0.25, -0.2) is 9.55 Å². The van der Waals surface area contributed by atoms with E-state index in [1.54, 1.807) is 28.2 Å². The first kappa shape index (κ1) is 16.0. The van der Waals surface area contributed by atoms with Crippen molar-refractivity contribution in [1.29, 1.82) is 0 Å². The van der Waals surface area contributed by atoms with Crippen LogP contribution in [0.5, 0.6) is 0 Å². The molecule has 0 saturated heterocycles. The molecule has 7 heteroatoms. The summed E-state index contributed by atoms with van der Waals surface area (Å²) in [6.07, 6.45) is 5.25. The zero-order chi connectivity index (χ0) is 18.1. The first-order valence-electron chi connectivity index (χ1n) is 8.41. The Bertz CT molecular complexity index is 1130. The summed E-state index contributed by atoms with van der Waals surface area (Å²) in [5.74, 6) is 0.621. The maximum absolute atomic E-state index is 13.0. The second-order valence-electron chi connectivity index (χ2n) is 6.07. The molecule has 3 aromatic heterocycles. The van der Waals surface area contributed by atoms with Crippen LogP contribution in [0.1, 0.15) is 6.92 Å². The number of benzene rings is 1. The van der Waals surface area contributed by atoms with Crippen molar-refractivity contribution < 1.29 is 4.57 Å². The van der Waals surface area contributed by atoms with Gasteiger partial charge in [0, 0.05) is 29.8 Å². The summed E-state index contributed by atoms with van der Waals surface area (Å²) in [7, 11) is 1.89. The van der Waals surface area contributed by atoms with Crippen LogP contribution in [0.2, 0.25) is 0 Å². The van der Waals surface area contributed by atoms with E-state index < -0.39 is 0 Å². The molecule has 0 bridgehead atoms. The molecule has 0 fully saturated rings. The van der Waals surface area contributed by atoms with Crippen LogP contribution in [-0.4, -0.2) is 19.4 Å². The second-order valence-corrected chi connectivity index (χ2v) is 6.07. The molecule has 0 aliphatic heterocycles. The number of hydrogen-bond donors (Lipinski definition) is 1. The summed E-state index contributed by atoms with van der Waals surface area (Å²) in [4.78, 5) is 19.0. The van der Waals surface area contributed by atoms with Crippen LogP contribution in [-0.2, 0) is 13.6 Å². The van der Waals surface area contributed by atoms with Crippen molar-refractivity contribution in [2.75, 3.05) is 5.43 Å². The number of rotatable bonds is 4. The molecule has 0 aliphatic rings. The number of pyridine rings is 2. The maximum Gasteiger partial charge on any atom is 0.267 e. The van der Waals surface area contributed by atoms with Crippen LogP contribution >= 0.6 is 0 Å². The smallest absolute Gasteiger partial charge is 0.267 e. The molecule has 0 atom stereocenters. The van der Waals surface area contributed by atoms with Gasteiger partial charge in [0.2, 0.25) is 0 Å². The lowest BCUT2D eigenvalue weighted by Crippen LogP contribution is -2.25. The number of aryl methyl sites for hydroxylation is 2. The van der Waals surface area contributed by atoms with E-state index >= 15 is 0 Å². The van der Waals surface area contributed by atoms with Gasteiger partial charge in [0.15, 0.2) is 5.82 Å². The van der Waals surface area contributed by atoms with Crippen molar-refractivity contribution in [2.45, 2.75) is 13.5 Å². The van der Waals surface area contributed by atoms with Crippen LogP contribution in [0.4, 0.5) is 5.82 Å². The third-order valence-corrected chi connectivity index (χ3v) is 4.26. The highest BCUT2D eigenvalue weighted by atomic mass is 16.1. The highest BCUT2D eigenvalue weighted by molar-refractivity contribution is 5.85. The number of nitrogens with one attached hydrogen (secondary N) is 1. The zero-order valence-electron chi connectivity index (χ0n) is 14.6. The standard InChI is InChI=1S/C19H18N6O/c1-3-24-17-10-18(22-25-13-23(2)12-21-25)20-11-15(17)9-16(19(24)26)14-7-5-4-6-8-14/h4-13H,3H2,1-2H3/p+1. The molecule has 0 amide bonds. The Morgan fingerprint density at radius 2 is 2.00 bits per heavy atom. The van der Waals surface area contributed by atoms with E-state index in [1.165, 1.54) is 0 Å². The third-order valence-electron chi connectivity index (χ3n) is 4.26. The zero-order valence-corrected chi connectivity index (χ0v) is 14.6. The minimum absolute atomic E-state index is 0.00570. The van der Waals surface area contributed by atoms with Crippen LogP contribution < -0.4 is 15.6 Å². The van der Waals surface area contributed by atoms with Crippen molar-refractivity contribution in [3.8, 4) is 11.1 Å². The molecule has 0 aliphatic carbocycles. The lowest BCUT2D eigenvalue weighted by molar-refractivity contribution is -0.672. The first-order chi connectivity index (χ1) is 12.7. The van der Waals surface area contributed by atoms with Gasteiger partial charge in [-0.1, -0.05) is 30.3 Å². The van der Waals surface area contributed by atoms with E-state index in [0.29, 0.717) is 17.9 Å². The minimum Gasteiger partial charge on any atom is -0.308 e.